The second kappa shape index (κ2) is 5.21. The largest absolute Gasteiger partial charge is 0.300 e. The number of Topliss-reactive ketones (excluding diaryl/α,β-unsaturated/α-hetero) is 2. The Balaban J connectivity index is 2.78. The predicted octanol–water partition coefficient (Wildman–Crippen LogP) is 3.31. The monoisotopic (exact) mass is 268 g/mol. The first-order chi connectivity index (χ1) is 7.00. The highest BCUT2D eigenvalue weighted by Crippen LogP contribution is 2.20. The Bertz CT molecular complexity index is 397. The van der Waals surface area contributed by atoms with Crippen LogP contribution >= 0.6 is 15.9 Å². The minimum atomic E-state index is 0.0112. The molecule has 0 unspecified atom stereocenters. The number of ketones is 2. The van der Waals surface area contributed by atoms with Crippen LogP contribution in [0.2, 0.25) is 0 Å². The molecule has 0 fully saturated rings. The van der Waals surface area contributed by atoms with Gasteiger partial charge in [0.25, 0.3) is 0 Å². The minimum Gasteiger partial charge on any atom is -0.300 e. The maximum Gasteiger partial charge on any atom is 0.164 e. The maximum atomic E-state index is 11.7. The quantitative estimate of drug-likeness (QED) is 0.786. The van der Waals surface area contributed by atoms with Crippen LogP contribution in [-0.2, 0) is 4.79 Å². The van der Waals surface area contributed by atoms with Crippen LogP contribution in [0.25, 0.3) is 0 Å². The number of halogens is 1. The first kappa shape index (κ1) is 12.1. The van der Waals surface area contributed by atoms with Crippen molar-refractivity contribution in [1.82, 2.24) is 0 Å². The van der Waals surface area contributed by atoms with Gasteiger partial charge in [-0.2, -0.15) is 0 Å². The molecule has 0 saturated heterocycles. The summed E-state index contributed by atoms with van der Waals surface area (Å²) in [6.07, 6.45) is 0.607. The molecular formula is C12H13BrO2. The van der Waals surface area contributed by atoms with E-state index in [1.807, 2.05) is 19.1 Å². The fourth-order valence-electron chi connectivity index (χ4n) is 1.27. The minimum absolute atomic E-state index is 0.0112. The lowest BCUT2D eigenvalue weighted by Crippen LogP contribution is -2.03. The Morgan fingerprint density at radius 3 is 2.47 bits per heavy atom. The molecule has 80 valence electrons. The fraction of sp³-hybridized carbons (Fsp3) is 0.333. The lowest BCUT2D eigenvalue weighted by molar-refractivity contribution is -0.116. The van der Waals surface area contributed by atoms with Crippen molar-refractivity contribution in [2.24, 2.45) is 0 Å². The highest BCUT2D eigenvalue weighted by Gasteiger charge is 2.10. The molecule has 0 aliphatic carbocycles. The third kappa shape index (κ3) is 3.59. The van der Waals surface area contributed by atoms with Crippen LogP contribution in [0.4, 0.5) is 0 Å². The Hall–Kier alpha value is -0.960. The van der Waals surface area contributed by atoms with Crippen molar-refractivity contribution in [2.45, 2.75) is 26.7 Å². The molecule has 0 aliphatic rings. The summed E-state index contributed by atoms with van der Waals surface area (Å²) in [6, 6.07) is 5.59. The van der Waals surface area contributed by atoms with E-state index in [9.17, 15) is 9.59 Å². The molecule has 0 spiro atoms. The number of hydrogen-bond acceptors (Lipinski definition) is 2. The Morgan fingerprint density at radius 2 is 1.93 bits per heavy atom. The van der Waals surface area contributed by atoms with E-state index >= 15 is 0 Å². The maximum absolute atomic E-state index is 11.7. The highest BCUT2D eigenvalue weighted by molar-refractivity contribution is 9.10. The lowest BCUT2D eigenvalue weighted by Gasteiger charge is -2.03. The zero-order valence-electron chi connectivity index (χ0n) is 8.84. The van der Waals surface area contributed by atoms with Gasteiger partial charge in [0.2, 0.25) is 0 Å². The molecule has 1 aromatic rings. The lowest BCUT2D eigenvalue weighted by atomic mass is 10.0. The molecule has 0 aromatic heterocycles. The van der Waals surface area contributed by atoms with Gasteiger partial charge in [0.1, 0.15) is 5.78 Å². The number of carbonyl (C=O) groups excluding carboxylic acids is 2. The zero-order chi connectivity index (χ0) is 11.4. The van der Waals surface area contributed by atoms with Crippen molar-refractivity contribution in [3.63, 3.8) is 0 Å². The summed E-state index contributed by atoms with van der Waals surface area (Å²) in [5.74, 6) is 0.0589. The average Bonchev–Trinajstić information content (AvgIpc) is 2.14. The van der Waals surface area contributed by atoms with Crippen molar-refractivity contribution >= 4 is 27.5 Å². The number of rotatable bonds is 4. The van der Waals surface area contributed by atoms with Crippen molar-refractivity contribution in [3.05, 3.63) is 33.8 Å². The van der Waals surface area contributed by atoms with Crippen molar-refractivity contribution in [2.75, 3.05) is 0 Å². The third-order valence-corrected chi connectivity index (χ3v) is 2.79. The average molecular weight is 269 g/mol. The van der Waals surface area contributed by atoms with Crippen LogP contribution in [0.5, 0.6) is 0 Å². The number of aryl methyl sites for hydroxylation is 1. The first-order valence-electron chi connectivity index (χ1n) is 4.79. The van der Waals surface area contributed by atoms with Gasteiger partial charge in [0.15, 0.2) is 5.78 Å². The molecule has 15 heavy (non-hydrogen) atoms. The summed E-state index contributed by atoms with van der Waals surface area (Å²) in [5.41, 5.74) is 1.76. The van der Waals surface area contributed by atoms with E-state index in [-0.39, 0.29) is 18.0 Å². The van der Waals surface area contributed by atoms with Gasteiger partial charge in [0.05, 0.1) is 0 Å². The molecule has 0 radical (unpaired) electrons. The summed E-state index contributed by atoms with van der Waals surface area (Å²) in [5, 5.41) is 0. The van der Waals surface area contributed by atoms with Crippen molar-refractivity contribution < 1.29 is 9.59 Å². The highest BCUT2D eigenvalue weighted by atomic mass is 79.9. The first-order valence-corrected chi connectivity index (χ1v) is 5.59. The fourth-order valence-corrected chi connectivity index (χ4v) is 1.98. The van der Waals surface area contributed by atoms with Crippen molar-refractivity contribution in [1.29, 1.82) is 0 Å². The van der Waals surface area contributed by atoms with Gasteiger partial charge in [-0.15, -0.1) is 0 Å². The van der Waals surface area contributed by atoms with Crippen LogP contribution in [0.1, 0.15) is 35.7 Å². The molecule has 1 aromatic carbocycles. The van der Waals surface area contributed by atoms with E-state index in [1.165, 1.54) is 6.92 Å². The topological polar surface area (TPSA) is 34.1 Å². The van der Waals surface area contributed by atoms with E-state index in [0.717, 1.165) is 10.0 Å². The molecule has 0 N–H and O–H groups in total. The van der Waals surface area contributed by atoms with Crippen molar-refractivity contribution in [3.8, 4) is 0 Å². The standard InChI is InChI=1S/C12H13BrO2/c1-8-3-5-10(11(13)7-8)12(15)6-4-9(2)14/h3,5,7H,4,6H2,1-2H3. The summed E-state index contributed by atoms with van der Waals surface area (Å²) in [4.78, 5) is 22.5. The van der Waals surface area contributed by atoms with Gasteiger partial charge in [0, 0.05) is 22.9 Å². The zero-order valence-corrected chi connectivity index (χ0v) is 10.4. The van der Waals surface area contributed by atoms with Gasteiger partial charge in [-0.25, -0.2) is 0 Å². The van der Waals surface area contributed by atoms with Gasteiger partial charge in [-0.3, -0.25) is 4.79 Å². The van der Waals surface area contributed by atoms with E-state index in [1.54, 1.807) is 6.07 Å². The number of hydrogen-bond donors (Lipinski definition) is 0. The van der Waals surface area contributed by atoms with Crippen LogP contribution in [0.15, 0.2) is 22.7 Å². The van der Waals surface area contributed by atoms with E-state index in [2.05, 4.69) is 15.9 Å². The number of carbonyl (C=O) groups is 2. The Morgan fingerprint density at radius 1 is 1.27 bits per heavy atom. The third-order valence-electron chi connectivity index (χ3n) is 2.13. The second-order valence-electron chi connectivity index (χ2n) is 3.61. The molecule has 0 atom stereocenters. The Kier molecular flexibility index (Phi) is 4.21. The van der Waals surface area contributed by atoms with Crippen LogP contribution in [0, 0.1) is 6.92 Å². The molecule has 1 rings (SSSR count). The summed E-state index contributed by atoms with van der Waals surface area (Å²) in [6.45, 7) is 3.46. The summed E-state index contributed by atoms with van der Waals surface area (Å²) >= 11 is 3.35. The molecular weight excluding hydrogens is 256 g/mol. The van der Waals surface area contributed by atoms with Gasteiger partial charge in [-0.05, 0) is 25.5 Å². The van der Waals surface area contributed by atoms with E-state index in [0.29, 0.717) is 12.0 Å². The SMILES string of the molecule is CC(=O)CCC(=O)c1ccc(C)cc1Br. The molecule has 3 heteroatoms. The van der Waals surface area contributed by atoms with Gasteiger partial charge in [-0.1, -0.05) is 28.1 Å². The molecule has 0 aliphatic heterocycles. The predicted molar refractivity (Wildman–Crippen MR) is 63.1 cm³/mol. The summed E-state index contributed by atoms with van der Waals surface area (Å²) in [7, 11) is 0. The van der Waals surface area contributed by atoms with Crippen LogP contribution in [-0.4, -0.2) is 11.6 Å². The molecule has 0 bridgehead atoms. The molecule has 2 nitrogen and oxygen atoms in total. The van der Waals surface area contributed by atoms with Crippen LogP contribution < -0.4 is 0 Å². The summed E-state index contributed by atoms with van der Waals surface area (Å²) < 4.78 is 0.802. The molecule has 0 saturated carbocycles. The molecule has 0 heterocycles. The van der Waals surface area contributed by atoms with E-state index < -0.39 is 0 Å². The van der Waals surface area contributed by atoms with E-state index in [4.69, 9.17) is 0 Å². The second-order valence-corrected chi connectivity index (χ2v) is 4.46. The van der Waals surface area contributed by atoms with Gasteiger partial charge >= 0.3 is 0 Å². The van der Waals surface area contributed by atoms with Gasteiger partial charge < -0.3 is 4.79 Å². The van der Waals surface area contributed by atoms with Crippen LogP contribution in [0.3, 0.4) is 0 Å². The normalized spacial score (nSPS) is 10.1. The Labute approximate surface area is 97.8 Å². The smallest absolute Gasteiger partial charge is 0.164 e. The molecule has 0 amide bonds. The number of benzene rings is 1.